The van der Waals surface area contributed by atoms with Crippen molar-refractivity contribution >= 4 is 35.0 Å². The van der Waals surface area contributed by atoms with Crippen LogP contribution in [-0.2, 0) is 6.54 Å². The Hall–Kier alpha value is -1.73. The topological polar surface area (TPSA) is 43.2 Å². The molecule has 0 aliphatic rings. The van der Waals surface area contributed by atoms with Crippen molar-refractivity contribution in [2.75, 3.05) is 26.5 Å². The van der Waals surface area contributed by atoms with E-state index in [1.165, 1.54) is 5.56 Å². The minimum Gasteiger partial charge on any atom is -0.490 e. The van der Waals surface area contributed by atoms with Crippen LogP contribution in [0.15, 0.2) is 53.7 Å². The third kappa shape index (κ3) is 5.70. The molecule has 3 aromatic rings. The van der Waals surface area contributed by atoms with E-state index >= 15 is 0 Å². The predicted octanol–water partition coefficient (Wildman–Crippen LogP) is 5.82. The van der Waals surface area contributed by atoms with Gasteiger partial charge in [0.1, 0.15) is 0 Å². The summed E-state index contributed by atoms with van der Waals surface area (Å²) in [5, 5.41) is 10.9. The van der Waals surface area contributed by atoms with Gasteiger partial charge in [-0.05, 0) is 38.2 Å². The van der Waals surface area contributed by atoms with Crippen LogP contribution >= 0.6 is 35.0 Å². The van der Waals surface area contributed by atoms with E-state index in [0.717, 1.165) is 23.9 Å². The first-order chi connectivity index (χ1) is 14.5. The number of rotatable bonds is 10. The number of hydrogen-bond donors (Lipinski definition) is 0. The molecule has 0 radical (unpaired) electrons. The highest BCUT2D eigenvalue weighted by molar-refractivity contribution is 7.99. The largest absolute Gasteiger partial charge is 0.490 e. The zero-order valence-electron chi connectivity index (χ0n) is 17.4. The van der Waals surface area contributed by atoms with E-state index in [4.69, 9.17) is 27.9 Å². The molecule has 0 aliphatic heterocycles. The summed E-state index contributed by atoms with van der Waals surface area (Å²) in [6.07, 6.45) is 0.957. The standard InChI is InChI=1S/C22H26Cl2N4OS/c1-4-19(27(2)3)21-25-26-22(28(21)15-16-9-6-5-7-10-16)30-14-13-29-20-17(23)11-8-12-18(20)24/h5-12,19H,4,13-15H2,1-3H3/t19-/m0/s1. The van der Waals surface area contributed by atoms with E-state index in [9.17, 15) is 0 Å². The van der Waals surface area contributed by atoms with Crippen molar-refractivity contribution in [1.82, 2.24) is 19.7 Å². The summed E-state index contributed by atoms with van der Waals surface area (Å²) in [6, 6.07) is 15.9. The first-order valence-electron chi connectivity index (χ1n) is 9.84. The molecule has 0 amide bonds. The summed E-state index contributed by atoms with van der Waals surface area (Å²) in [7, 11) is 4.15. The Morgan fingerprint density at radius 3 is 2.37 bits per heavy atom. The first kappa shape index (κ1) is 22.9. The SMILES string of the molecule is CC[C@@H](c1nnc(SCCOc2c(Cl)cccc2Cl)n1Cc1ccccc1)N(C)C. The second-order valence-electron chi connectivity index (χ2n) is 7.05. The quantitative estimate of drug-likeness (QED) is 0.279. The number of ether oxygens (including phenoxy) is 1. The lowest BCUT2D eigenvalue weighted by Crippen LogP contribution is -2.23. The molecule has 1 heterocycles. The van der Waals surface area contributed by atoms with Crippen molar-refractivity contribution in [3.05, 3.63) is 70.0 Å². The molecule has 0 saturated heterocycles. The van der Waals surface area contributed by atoms with E-state index in [1.54, 1.807) is 30.0 Å². The molecule has 0 bridgehead atoms. The summed E-state index contributed by atoms with van der Waals surface area (Å²) in [4.78, 5) is 2.18. The fourth-order valence-electron chi connectivity index (χ4n) is 3.24. The smallest absolute Gasteiger partial charge is 0.191 e. The first-order valence-corrected chi connectivity index (χ1v) is 11.6. The Bertz CT molecular complexity index is 929. The van der Waals surface area contributed by atoms with Crippen molar-refractivity contribution in [3.63, 3.8) is 0 Å². The summed E-state index contributed by atoms with van der Waals surface area (Å²) in [5.74, 6) is 2.20. The second-order valence-corrected chi connectivity index (χ2v) is 8.92. The van der Waals surface area contributed by atoms with Crippen LogP contribution in [0, 0.1) is 0 Å². The van der Waals surface area contributed by atoms with E-state index in [2.05, 4.69) is 64.9 Å². The van der Waals surface area contributed by atoms with Gasteiger partial charge in [0.2, 0.25) is 0 Å². The van der Waals surface area contributed by atoms with E-state index in [1.807, 2.05) is 6.07 Å². The minimum atomic E-state index is 0.203. The van der Waals surface area contributed by atoms with Gasteiger partial charge in [0, 0.05) is 5.75 Å². The average Bonchev–Trinajstić information content (AvgIpc) is 3.10. The maximum Gasteiger partial charge on any atom is 0.191 e. The normalized spacial score (nSPS) is 12.3. The average molecular weight is 465 g/mol. The lowest BCUT2D eigenvalue weighted by atomic mass is 10.2. The molecule has 0 saturated carbocycles. The molecule has 0 aliphatic carbocycles. The van der Waals surface area contributed by atoms with Crippen LogP contribution in [0.4, 0.5) is 0 Å². The van der Waals surface area contributed by atoms with Crippen molar-refractivity contribution in [2.45, 2.75) is 31.1 Å². The van der Waals surface area contributed by atoms with Crippen molar-refractivity contribution in [2.24, 2.45) is 0 Å². The summed E-state index contributed by atoms with van der Waals surface area (Å²) >= 11 is 14.0. The number of benzene rings is 2. The Kier molecular flexibility index (Phi) is 8.45. The Labute approximate surface area is 192 Å². The number of aromatic nitrogens is 3. The number of thioether (sulfide) groups is 1. The molecule has 3 rings (SSSR count). The third-order valence-electron chi connectivity index (χ3n) is 4.72. The molecule has 160 valence electrons. The fourth-order valence-corrected chi connectivity index (χ4v) is 4.51. The van der Waals surface area contributed by atoms with Gasteiger partial charge in [-0.3, -0.25) is 4.90 Å². The summed E-state index contributed by atoms with van der Waals surface area (Å²) in [6.45, 7) is 3.36. The number of para-hydroxylation sites is 1. The van der Waals surface area contributed by atoms with Gasteiger partial charge in [0.25, 0.3) is 0 Å². The van der Waals surface area contributed by atoms with Gasteiger partial charge >= 0.3 is 0 Å². The van der Waals surface area contributed by atoms with Gasteiger partial charge in [-0.2, -0.15) is 0 Å². The molecule has 1 atom stereocenters. The van der Waals surface area contributed by atoms with E-state index < -0.39 is 0 Å². The van der Waals surface area contributed by atoms with Gasteiger partial charge in [0.15, 0.2) is 16.7 Å². The van der Waals surface area contributed by atoms with Gasteiger partial charge in [-0.1, -0.05) is 78.3 Å². The van der Waals surface area contributed by atoms with Crippen molar-refractivity contribution in [3.8, 4) is 5.75 Å². The molecule has 2 aromatic carbocycles. The van der Waals surface area contributed by atoms with Gasteiger partial charge in [0.05, 0.1) is 29.2 Å². The van der Waals surface area contributed by atoms with Gasteiger partial charge in [-0.15, -0.1) is 10.2 Å². The number of halogens is 2. The van der Waals surface area contributed by atoms with Crippen LogP contribution in [0.5, 0.6) is 5.75 Å². The molecule has 8 heteroatoms. The molecule has 30 heavy (non-hydrogen) atoms. The van der Waals surface area contributed by atoms with Crippen LogP contribution < -0.4 is 4.74 Å². The molecule has 5 nitrogen and oxygen atoms in total. The zero-order valence-corrected chi connectivity index (χ0v) is 19.7. The summed E-state index contributed by atoms with van der Waals surface area (Å²) in [5.41, 5.74) is 1.22. The van der Waals surface area contributed by atoms with Gasteiger partial charge < -0.3 is 9.30 Å². The molecule has 1 aromatic heterocycles. The Balaban J connectivity index is 1.74. The lowest BCUT2D eigenvalue weighted by molar-refractivity contribution is 0.272. The third-order valence-corrected chi connectivity index (χ3v) is 6.24. The van der Waals surface area contributed by atoms with Crippen LogP contribution in [0.3, 0.4) is 0 Å². The van der Waals surface area contributed by atoms with Crippen LogP contribution in [-0.4, -0.2) is 46.1 Å². The monoisotopic (exact) mass is 464 g/mol. The van der Waals surface area contributed by atoms with Crippen molar-refractivity contribution < 1.29 is 4.74 Å². The van der Waals surface area contributed by atoms with Crippen LogP contribution in [0.2, 0.25) is 10.0 Å². The summed E-state index contributed by atoms with van der Waals surface area (Å²) < 4.78 is 8.02. The Morgan fingerprint density at radius 1 is 1.03 bits per heavy atom. The maximum absolute atomic E-state index is 6.18. The van der Waals surface area contributed by atoms with Crippen LogP contribution in [0.25, 0.3) is 0 Å². The maximum atomic E-state index is 6.18. The minimum absolute atomic E-state index is 0.203. The number of nitrogens with zero attached hydrogens (tertiary/aromatic N) is 4. The van der Waals surface area contributed by atoms with Gasteiger partial charge in [-0.25, -0.2) is 0 Å². The highest BCUT2D eigenvalue weighted by Gasteiger charge is 2.22. The number of hydrogen-bond acceptors (Lipinski definition) is 5. The molecule has 0 fully saturated rings. The molecular formula is C22H26Cl2N4OS. The van der Waals surface area contributed by atoms with Crippen molar-refractivity contribution in [1.29, 1.82) is 0 Å². The van der Waals surface area contributed by atoms with Crippen LogP contribution in [0.1, 0.15) is 30.8 Å². The predicted molar refractivity (Wildman–Crippen MR) is 125 cm³/mol. The molecule has 0 spiro atoms. The molecule has 0 N–H and O–H groups in total. The zero-order chi connectivity index (χ0) is 21.5. The highest BCUT2D eigenvalue weighted by Crippen LogP contribution is 2.32. The van der Waals surface area contributed by atoms with E-state index in [0.29, 0.717) is 28.2 Å². The molecule has 0 unspecified atom stereocenters. The fraction of sp³-hybridized carbons (Fsp3) is 0.364. The molecular weight excluding hydrogens is 439 g/mol. The lowest BCUT2D eigenvalue weighted by Gasteiger charge is -2.23. The van der Waals surface area contributed by atoms with E-state index in [-0.39, 0.29) is 6.04 Å². The second kappa shape index (κ2) is 11.0. The Morgan fingerprint density at radius 2 is 1.73 bits per heavy atom. The highest BCUT2D eigenvalue weighted by atomic mass is 35.5.